The van der Waals surface area contributed by atoms with Gasteiger partial charge in [-0.1, -0.05) is 25.1 Å². The van der Waals surface area contributed by atoms with E-state index in [0.29, 0.717) is 32.7 Å². The molecule has 0 aliphatic carbocycles. The first-order valence-electron chi connectivity index (χ1n) is 11.0. The number of esters is 1. The quantitative estimate of drug-likeness (QED) is 0.301. The van der Waals surface area contributed by atoms with Gasteiger partial charge in [0, 0.05) is 7.05 Å². The highest BCUT2D eigenvalue weighted by molar-refractivity contribution is 9.10. The third-order valence-corrected chi connectivity index (χ3v) is 6.51. The molecule has 0 radical (unpaired) electrons. The average Bonchev–Trinajstić information content (AvgIpc) is 3.07. The number of para-hydroxylation sites is 1. The largest absolute Gasteiger partial charge is 0.490 e. The number of likely N-dealkylation sites (N-methyl/N-ethyl adjacent to an activating group) is 1. The Balaban J connectivity index is 1.89. The highest BCUT2D eigenvalue weighted by Gasteiger charge is 2.30. The van der Waals surface area contributed by atoms with Gasteiger partial charge in [-0.05, 0) is 83.4 Å². The molecular weight excluding hydrogens is 520 g/mol. The average molecular weight is 547 g/mol. The second-order valence-corrected chi connectivity index (χ2v) is 9.07. The number of carbonyl (C=O) groups excluding carboxylic acids is 2. The Kier molecular flexibility index (Phi) is 9.18. The lowest BCUT2D eigenvalue weighted by Gasteiger charge is -2.14. The highest BCUT2D eigenvalue weighted by Crippen LogP contribution is 2.39. The molecule has 0 N–H and O–H groups in total. The summed E-state index contributed by atoms with van der Waals surface area (Å²) in [6.07, 6.45) is 2.65. The first kappa shape index (κ1) is 25.8. The minimum Gasteiger partial charge on any atom is -0.490 e. The molecule has 1 saturated heterocycles. The zero-order valence-corrected chi connectivity index (χ0v) is 22.0. The number of amides is 1. The van der Waals surface area contributed by atoms with Crippen molar-refractivity contribution < 1.29 is 23.8 Å². The van der Waals surface area contributed by atoms with E-state index in [2.05, 4.69) is 22.9 Å². The van der Waals surface area contributed by atoms with Gasteiger partial charge in [0.2, 0.25) is 0 Å². The van der Waals surface area contributed by atoms with Crippen molar-refractivity contribution in [2.24, 2.45) is 4.99 Å². The van der Waals surface area contributed by atoms with Crippen LogP contribution in [0.4, 0.5) is 5.69 Å². The molecule has 2 aromatic carbocycles. The van der Waals surface area contributed by atoms with Gasteiger partial charge in [0.05, 0.1) is 28.3 Å². The van der Waals surface area contributed by atoms with Crippen molar-refractivity contribution in [1.29, 1.82) is 0 Å². The molecule has 3 rings (SSSR count). The first-order valence-corrected chi connectivity index (χ1v) is 12.6. The Labute approximate surface area is 212 Å². The molecule has 7 nitrogen and oxygen atoms in total. The van der Waals surface area contributed by atoms with Crippen LogP contribution in [0.2, 0.25) is 0 Å². The van der Waals surface area contributed by atoms with Crippen molar-refractivity contribution in [3.05, 3.63) is 56.9 Å². The molecule has 0 aromatic heterocycles. The minimum atomic E-state index is -0.463. The number of rotatable bonds is 9. The van der Waals surface area contributed by atoms with E-state index in [4.69, 9.17) is 19.2 Å². The summed E-state index contributed by atoms with van der Waals surface area (Å²) >= 11 is 4.82. The van der Waals surface area contributed by atoms with Gasteiger partial charge in [-0.25, -0.2) is 9.79 Å². The summed E-state index contributed by atoms with van der Waals surface area (Å²) < 4.78 is 16.9. The maximum atomic E-state index is 12.9. The molecule has 1 fully saturated rings. The molecular formula is C25H27BrN2O5S. The van der Waals surface area contributed by atoms with Gasteiger partial charge >= 0.3 is 5.97 Å². The van der Waals surface area contributed by atoms with Crippen LogP contribution < -0.4 is 9.47 Å². The van der Waals surface area contributed by atoms with E-state index in [1.54, 1.807) is 31.0 Å². The number of amidine groups is 1. The van der Waals surface area contributed by atoms with Crippen LogP contribution >= 0.6 is 27.7 Å². The normalized spacial score (nSPS) is 15.8. The van der Waals surface area contributed by atoms with E-state index in [1.807, 2.05) is 37.3 Å². The SMILES string of the molecule is CCOC(=O)COc1c(Br)cc(/C=C2/SC(=Nc3ccccc3CC)N(C)C2=O)cc1OCC. The predicted octanol–water partition coefficient (Wildman–Crippen LogP) is 5.59. The van der Waals surface area contributed by atoms with Gasteiger partial charge in [-0.15, -0.1) is 0 Å². The van der Waals surface area contributed by atoms with Crippen LogP contribution in [-0.2, 0) is 20.7 Å². The fourth-order valence-corrected chi connectivity index (χ4v) is 4.79. The summed E-state index contributed by atoms with van der Waals surface area (Å²) in [5.41, 5.74) is 2.73. The topological polar surface area (TPSA) is 77.4 Å². The fourth-order valence-electron chi connectivity index (χ4n) is 3.23. The second kappa shape index (κ2) is 12.1. The summed E-state index contributed by atoms with van der Waals surface area (Å²) in [4.78, 5) is 31.4. The Morgan fingerprint density at radius 1 is 1.15 bits per heavy atom. The van der Waals surface area contributed by atoms with Crippen molar-refractivity contribution in [2.45, 2.75) is 27.2 Å². The molecule has 1 amide bonds. The third kappa shape index (κ3) is 6.21. The van der Waals surface area contributed by atoms with Crippen LogP contribution in [0.15, 0.2) is 50.8 Å². The van der Waals surface area contributed by atoms with Gasteiger partial charge in [-0.3, -0.25) is 9.69 Å². The Bertz CT molecular complexity index is 1130. The summed E-state index contributed by atoms with van der Waals surface area (Å²) in [7, 11) is 1.72. The molecule has 1 aliphatic rings. The van der Waals surface area contributed by atoms with Crippen LogP contribution in [-0.4, -0.2) is 48.8 Å². The van der Waals surface area contributed by atoms with Crippen LogP contribution in [0.1, 0.15) is 31.9 Å². The lowest BCUT2D eigenvalue weighted by Crippen LogP contribution is -2.23. The molecule has 0 unspecified atom stereocenters. The summed E-state index contributed by atoms with van der Waals surface area (Å²) in [6.45, 7) is 6.13. The molecule has 1 aliphatic heterocycles. The molecule has 34 heavy (non-hydrogen) atoms. The number of hydrogen-bond acceptors (Lipinski definition) is 7. The number of thioether (sulfide) groups is 1. The number of halogens is 1. The first-order chi connectivity index (χ1) is 16.4. The van der Waals surface area contributed by atoms with Gasteiger partial charge in [0.25, 0.3) is 5.91 Å². The highest BCUT2D eigenvalue weighted by atomic mass is 79.9. The zero-order valence-electron chi connectivity index (χ0n) is 19.6. The van der Waals surface area contributed by atoms with Crippen LogP contribution in [0.25, 0.3) is 6.08 Å². The molecule has 0 saturated carbocycles. The van der Waals surface area contributed by atoms with Gasteiger partial charge in [-0.2, -0.15) is 0 Å². The Hall–Kier alpha value is -2.78. The predicted molar refractivity (Wildman–Crippen MR) is 139 cm³/mol. The smallest absolute Gasteiger partial charge is 0.344 e. The van der Waals surface area contributed by atoms with Crippen LogP contribution in [0.5, 0.6) is 11.5 Å². The monoisotopic (exact) mass is 546 g/mol. The van der Waals surface area contributed by atoms with Crippen molar-refractivity contribution in [1.82, 2.24) is 4.90 Å². The zero-order chi connectivity index (χ0) is 24.7. The Morgan fingerprint density at radius 3 is 2.62 bits per heavy atom. The third-order valence-electron chi connectivity index (χ3n) is 4.86. The van der Waals surface area contributed by atoms with E-state index in [-0.39, 0.29) is 19.1 Å². The summed E-state index contributed by atoms with van der Waals surface area (Å²) in [6, 6.07) is 11.5. The van der Waals surface area contributed by atoms with Gasteiger partial charge in [0.15, 0.2) is 23.3 Å². The number of ether oxygens (including phenoxy) is 3. The van der Waals surface area contributed by atoms with E-state index in [1.165, 1.54) is 11.8 Å². The maximum Gasteiger partial charge on any atom is 0.344 e. The van der Waals surface area contributed by atoms with Crippen molar-refractivity contribution in [3.63, 3.8) is 0 Å². The molecule has 9 heteroatoms. The molecule has 2 aromatic rings. The second-order valence-electron chi connectivity index (χ2n) is 7.21. The molecule has 1 heterocycles. The fraction of sp³-hybridized carbons (Fsp3) is 0.320. The van der Waals surface area contributed by atoms with Crippen molar-refractivity contribution in [2.75, 3.05) is 26.9 Å². The molecule has 0 bridgehead atoms. The number of benzene rings is 2. The molecule has 180 valence electrons. The molecule has 0 spiro atoms. The maximum absolute atomic E-state index is 12.9. The summed E-state index contributed by atoms with van der Waals surface area (Å²) in [5.74, 6) is 0.269. The number of aryl methyl sites for hydroxylation is 1. The Morgan fingerprint density at radius 2 is 1.91 bits per heavy atom. The van der Waals surface area contributed by atoms with E-state index in [0.717, 1.165) is 23.2 Å². The number of hydrogen-bond donors (Lipinski definition) is 0. The number of nitrogens with zero attached hydrogens (tertiary/aromatic N) is 2. The van der Waals surface area contributed by atoms with Gasteiger partial charge in [0.1, 0.15) is 0 Å². The number of aliphatic imine (C=N–C) groups is 1. The lowest BCUT2D eigenvalue weighted by atomic mass is 10.1. The van der Waals surface area contributed by atoms with Crippen LogP contribution in [0.3, 0.4) is 0 Å². The number of carbonyl (C=O) groups is 2. The van der Waals surface area contributed by atoms with Crippen molar-refractivity contribution in [3.8, 4) is 11.5 Å². The van der Waals surface area contributed by atoms with E-state index in [9.17, 15) is 9.59 Å². The lowest BCUT2D eigenvalue weighted by molar-refractivity contribution is -0.145. The van der Waals surface area contributed by atoms with Crippen LogP contribution in [0, 0.1) is 0 Å². The van der Waals surface area contributed by atoms with E-state index < -0.39 is 5.97 Å². The standard InChI is InChI=1S/C25H27BrN2O5S/c1-5-17-10-8-9-11-19(17)27-25-28(4)24(30)21(34-25)14-16-12-18(26)23(20(13-16)31-6-2)33-15-22(29)32-7-3/h8-14H,5-7,15H2,1-4H3/b21-14+,27-25?. The van der Waals surface area contributed by atoms with Crippen molar-refractivity contribution >= 4 is 56.5 Å². The summed E-state index contributed by atoms with van der Waals surface area (Å²) in [5, 5.41) is 0.621. The van der Waals surface area contributed by atoms with Gasteiger partial charge < -0.3 is 14.2 Å². The minimum absolute atomic E-state index is 0.130. The molecule has 0 atom stereocenters. The van der Waals surface area contributed by atoms with E-state index >= 15 is 0 Å².